The Morgan fingerprint density at radius 3 is 2.69 bits per heavy atom. The highest BCUT2D eigenvalue weighted by atomic mass is 32.2. The summed E-state index contributed by atoms with van der Waals surface area (Å²) >= 11 is 1.57. The molecule has 1 aromatic carbocycles. The molecule has 0 aliphatic rings. The van der Waals surface area contributed by atoms with Gasteiger partial charge in [0.05, 0.1) is 19.9 Å². The molecule has 0 saturated heterocycles. The molecule has 156 valence electrons. The smallest absolute Gasteiger partial charge is 0.287 e. The number of carbonyl (C=O) groups is 3. The van der Waals surface area contributed by atoms with Gasteiger partial charge < -0.3 is 24.7 Å². The molecule has 1 heterocycles. The van der Waals surface area contributed by atoms with E-state index in [0.29, 0.717) is 23.6 Å². The van der Waals surface area contributed by atoms with Crippen molar-refractivity contribution < 1.29 is 23.5 Å². The minimum Gasteiger partial charge on any atom is -0.497 e. The highest BCUT2D eigenvalue weighted by Crippen LogP contribution is 2.16. The van der Waals surface area contributed by atoms with Crippen LogP contribution >= 0.6 is 11.8 Å². The SMILES string of the molecule is COc1cccc(NC(=O)CN(C)C(=O)[C@H](CCSC)NC(=O)c2ccco2)c1. The summed E-state index contributed by atoms with van der Waals surface area (Å²) in [6, 6.07) is 9.31. The number of anilines is 1. The number of hydrogen-bond acceptors (Lipinski definition) is 6. The normalized spacial score (nSPS) is 11.4. The van der Waals surface area contributed by atoms with E-state index in [1.165, 1.54) is 24.3 Å². The summed E-state index contributed by atoms with van der Waals surface area (Å²) < 4.78 is 10.2. The third-order valence-corrected chi connectivity index (χ3v) is 4.71. The summed E-state index contributed by atoms with van der Waals surface area (Å²) in [7, 11) is 3.07. The highest BCUT2D eigenvalue weighted by molar-refractivity contribution is 7.98. The lowest BCUT2D eigenvalue weighted by molar-refractivity contribution is -0.135. The molecule has 2 N–H and O–H groups in total. The first kappa shape index (κ1) is 22.4. The third kappa shape index (κ3) is 6.86. The molecule has 0 aliphatic heterocycles. The first-order valence-electron chi connectivity index (χ1n) is 8.96. The zero-order chi connectivity index (χ0) is 21.2. The molecule has 0 bridgehead atoms. The lowest BCUT2D eigenvalue weighted by Gasteiger charge is -2.24. The summed E-state index contributed by atoms with van der Waals surface area (Å²) in [4.78, 5) is 38.7. The molecule has 1 atom stereocenters. The molecule has 0 unspecified atom stereocenters. The maximum atomic E-state index is 12.8. The highest BCUT2D eigenvalue weighted by Gasteiger charge is 2.26. The van der Waals surface area contributed by atoms with E-state index in [1.807, 2.05) is 6.26 Å². The van der Waals surface area contributed by atoms with Crippen molar-refractivity contribution >= 4 is 35.2 Å². The largest absolute Gasteiger partial charge is 0.497 e. The fraction of sp³-hybridized carbons (Fsp3) is 0.350. The number of likely N-dealkylation sites (N-methyl/N-ethyl adjacent to an activating group) is 1. The van der Waals surface area contributed by atoms with Crippen LogP contribution in [0.1, 0.15) is 17.0 Å². The molecule has 29 heavy (non-hydrogen) atoms. The standard InChI is InChI=1S/C20H25N3O5S/c1-23(13-18(24)21-14-6-4-7-15(12-14)27-2)20(26)16(9-11-29-3)22-19(25)17-8-5-10-28-17/h4-8,10,12,16H,9,11,13H2,1-3H3,(H,21,24)(H,22,25)/t16-/m0/s1. The van der Waals surface area contributed by atoms with E-state index < -0.39 is 11.9 Å². The maximum Gasteiger partial charge on any atom is 0.287 e. The van der Waals surface area contributed by atoms with Crippen LogP contribution in [0.2, 0.25) is 0 Å². The van der Waals surface area contributed by atoms with Crippen LogP contribution in [0.25, 0.3) is 0 Å². The van der Waals surface area contributed by atoms with Crippen LogP contribution in [0.4, 0.5) is 5.69 Å². The van der Waals surface area contributed by atoms with Crippen molar-refractivity contribution in [1.29, 1.82) is 0 Å². The molecule has 1 aromatic heterocycles. The Morgan fingerprint density at radius 1 is 1.24 bits per heavy atom. The van der Waals surface area contributed by atoms with E-state index in [4.69, 9.17) is 9.15 Å². The van der Waals surface area contributed by atoms with E-state index in [9.17, 15) is 14.4 Å². The van der Waals surface area contributed by atoms with E-state index in [-0.39, 0.29) is 24.1 Å². The molecule has 2 rings (SSSR count). The van der Waals surface area contributed by atoms with Crippen LogP contribution in [0, 0.1) is 0 Å². The lowest BCUT2D eigenvalue weighted by Crippen LogP contribution is -2.49. The van der Waals surface area contributed by atoms with Crippen molar-refractivity contribution in [3.63, 3.8) is 0 Å². The van der Waals surface area contributed by atoms with E-state index in [0.717, 1.165) is 0 Å². The minimum absolute atomic E-state index is 0.130. The number of amides is 3. The summed E-state index contributed by atoms with van der Waals surface area (Å²) in [6.07, 6.45) is 3.75. The Morgan fingerprint density at radius 2 is 2.03 bits per heavy atom. The Balaban J connectivity index is 1.97. The number of benzene rings is 1. The molecule has 0 fully saturated rings. The fourth-order valence-corrected chi connectivity index (χ4v) is 3.06. The first-order valence-corrected chi connectivity index (χ1v) is 10.4. The van der Waals surface area contributed by atoms with Crippen molar-refractivity contribution in [2.24, 2.45) is 0 Å². The zero-order valence-electron chi connectivity index (χ0n) is 16.6. The zero-order valence-corrected chi connectivity index (χ0v) is 17.5. The minimum atomic E-state index is -0.755. The topological polar surface area (TPSA) is 101 Å². The van der Waals surface area contributed by atoms with Crippen LogP contribution < -0.4 is 15.4 Å². The van der Waals surface area contributed by atoms with Crippen LogP contribution in [0.15, 0.2) is 47.1 Å². The molecule has 9 heteroatoms. The van der Waals surface area contributed by atoms with Gasteiger partial charge in [-0.3, -0.25) is 14.4 Å². The van der Waals surface area contributed by atoms with Gasteiger partial charge in [0.1, 0.15) is 11.8 Å². The number of furan rings is 1. The van der Waals surface area contributed by atoms with E-state index >= 15 is 0 Å². The van der Waals surface area contributed by atoms with Crippen LogP contribution in [0.5, 0.6) is 5.75 Å². The monoisotopic (exact) mass is 419 g/mol. The molecule has 0 spiro atoms. The predicted octanol–water partition coefficient (Wildman–Crippen LogP) is 2.24. The fourth-order valence-electron chi connectivity index (χ4n) is 2.59. The van der Waals surface area contributed by atoms with E-state index in [2.05, 4.69) is 10.6 Å². The second kappa shape index (κ2) is 11.2. The van der Waals surface area contributed by atoms with Gasteiger partial charge in [0.2, 0.25) is 11.8 Å². The molecule has 3 amide bonds. The summed E-state index contributed by atoms with van der Waals surface area (Å²) in [5, 5.41) is 5.42. The number of thioether (sulfide) groups is 1. The molecule has 0 saturated carbocycles. The second-order valence-electron chi connectivity index (χ2n) is 6.26. The van der Waals surface area contributed by atoms with Gasteiger partial charge in [-0.05, 0) is 42.7 Å². The van der Waals surface area contributed by atoms with Crippen molar-refractivity contribution in [3.8, 4) is 5.75 Å². The quantitative estimate of drug-likeness (QED) is 0.613. The molecular formula is C20H25N3O5S. The predicted molar refractivity (Wildman–Crippen MR) is 112 cm³/mol. The number of carbonyl (C=O) groups excluding carboxylic acids is 3. The molecular weight excluding hydrogens is 394 g/mol. The average molecular weight is 420 g/mol. The summed E-state index contributed by atoms with van der Waals surface area (Å²) in [5.74, 6) is 0.257. The Kier molecular flexibility index (Phi) is 8.60. The van der Waals surface area contributed by atoms with Crippen molar-refractivity contribution in [1.82, 2.24) is 10.2 Å². The first-order chi connectivity index (χ1) is 13.9. The van der Waals surface area contributed by atoms with Crippen molar-refractivity contribution in [2.75, 3.05) is 38.0 Å². The van der Waals surface area contributed by atoms with Gasteiger partial charge in [-0.25, -0.2) is 0 Å². The molecule has 0 radical (unpaired) electrons. The van der Waals surface area contributed by atoms with Gasteiger partial charge in [0.15, 0.2) is 5.76 Å². The summed E-state index contributed by atoms with van der Waals surface area (Å²) in [6.45, 7) is -0.150. The number of methoxy groups -OCH3 is 1. The van der Waals surface area contributed by atoms with Crippen molar-refractivity contribution in [2.45, 2.75) is 12.5 Å². The van der Waals surface area contributed by atoms with Gasteiger partial charge in [0.25, 0.3) is 5.91 Å². The second-order valence-corrected chi connectivity index (χ2v) is 7.24. The average Bonchev–Trinajstić information content (AvgIpc) is 3.25. The Hall–Kier alpha value is -2.94. The number of ether oxygens (including phenoxy) is 1. The molecule has 2 aromatic rings. The number of rotatable bonds is 10. The van der Waals surface area contributed by atoms with Gasteiger partial charge in [-0.2, -0.15) is 11.8 Å². The summed E-state index contributed by atoms with van der Waals surface area (Å²) in [5.41, 5.74) is 0.570. The number of nitrogens with zero attached hydrogens (tertiary/aromatic N) is 1. The Bertz CT molecular complexity index is 825. The van der Waals surface area contributed by atoms with Gasteiger partial charge in [-0.1, -0.05) is 6.07 Å². The van der Waals surface area contributed by atoms with Gasteiger partial charge in [0, 0.05) is 18.8 Å². The number of nitrogens with one attached hydrogen (secondary N) is 2. The van der Waals surface area contributed by atoms with Crippen LogP contribution in [-0.4, -0.2) is 61.4 Å². The lowest BCUT2D eigenvalue weighted by atomic mass is 10.2. The number of hydrogen-bond donors (Lipinski definition) is 2. The molecule has 0 aliphatic carbocycles. The van der Waals surface area contributed by atoms with Gasteiger partial charge >= 0.3 is 0 Å². The van der Waals surface area contributed by atoms with Crippen LogP contribution in [-0.2, 0) is 9.59 Å². The Labute approximate surface area is 174 Å². The molecule has 8 nitrogen and oxygen atoms in total. The van der Waals surface area contributed by atoms with Crippen molar-refractivity contribution in [3.05, 3.63) is 48.4 Å². The van der Waals surface area contributed by atoms with E-state index in [1.54, 1.807) is 49.2 Å². The maximum absolute atomic E-state index is 12.8. The van der Waals surface area contributed by atoms with Crippen LogP contribution in [0.3, 0.4) is 0 Å². The third-order valence-electron chi connectivity index (χ3n) is 4.07. The van der Waals surface area contributed by atoms with Gasteiger partial charge in [-0.15, -0.1) is 0 Å².